The highest BCUT2D eigenvalue weighted by molar-refractivity contribution is 5.62. The SMILES string of the molecule is CN(C)c1ccc(NCc2cccc3c2NCC3)cn1. The molecule has 1 aliphatic rings. The highest BCUT2D eigenvalue weighted by atomic mass is 15.1. The lowest BCUT2D eigenvalue weighted by molar-refractivity contribution is 1.06. The van der Waals surface area contributed by atoms with Gasteiger partial charge < -0.3 is 15.5 Å². The number of pyridine rings is 1. The molecule has 0 spiro atoms. The van der Waals surface area contributed by atoms with E-state index in [9.17, 15) is 0 Å². The zero-order valence-electron chi connectivity index (χ0n) is 12.0. The Balaban J connectivity index is 1.69. The minimum Gasteiger partial charge on any atom is -0.384 e. The van der Waals surface area contributed by atoms with Crippen molar-refractivity contribution in [3.8, 4) is 0 Å². The number of benzene rings is 1. The summed E-state index contributed by atoms with van der Waals surface area (Å²) in [4.78, 5) is 6.41. The fraction of sp³-hybridized carbons (Fsp3) is 0.312. The average molecular weight is 268 g/mol. The van der Waals surface area contributed by atoms with Crippen molar-refractivity contribution in [3.63, 3.8) is 0 Å². The molecule has 0 fully saturated rings. The van der Waals surface area contributed by atoms with Crippen molar-refractivity contribution in [1.82, 2.24) is 4.98 Å². The van der Waals surface area contributed by atoms with Crippen molar-refractivity contribution in [1.29, 1.82) is 0 Å². The summed E-state index contributed by atoms with van der Waals surface area (Å²) in [5.74, 6) is 0.970. The summed E-state index contributed by atoms with van der Waals surface area (Å²) >= 11 is 0. The molecule has 0 unspecified atom stereocenters. The topological polar surface area (TPSA) is 40.2 Å². The van der Waals surface area contributed by atoms with E-state index in [0.29, 0.717) is 0 Å². The average Bonchev–Trinajstić information content (AvgIpc) is 2.94. The number of aromatic nitrogens is 1. The van der Waals surface area contributed by atoms with Crippen LogP contribution >= 0.6 is 0 Å². The predicted molar refractivity (Wildman–Crippen MR) is 84.5 cm³/mol. The molecule has 0 saturated heterocycles. The quantitative estimate of drug-likeness (QED) is 0.894. The Labute approximate surface area is 119 Å². The molecule has 4 nitrogen and oxygen atoms in total. The van der Waals surface area contributed by atoms with Crippen LogP contribution in [-0.2, 0) is 13.0 Å². The first-order valence-electron chi connectivity index (χ1n) is 6.96. The molecule has 1 aromatic carbocycles. The molecule has 0 atom stereocenters. The van der Waals surface area contributed by atoms with Gasteiger partial charge in [-0.2, -0.15) is 0 Å². The van der Waals surface area contributed by atoms with Crippen molar-refractivity contribution in [3.05, 3.63) is 47.7 Å². The summed E-state index contributed by atoms with van der Waals surface area (Å²) in [6.45, 7) is 1.87. The number of rotatable bonds is 4. The third-order valence-electron chi connectivity index (χ3n) is 3.62. The van der Waals surface area contributed by atoms with Crippen molar-refractivity contribution >= 4 is 17.2 Å². The van der Waals surface area contributed by atoms with Gasteiger partial charge in [0.1, 0.15) is 5.82 Å². The molecule has 0 bridgehead atoms. The van der Waals surface area contributed by atoms with Crippen LogP contribution in [0.3, 0.4) is 0 Å². The van der Waals surface area contributed by atoms with E-state index in [1.165, 1.54) is 16.8 Å². The minimum absolute atomic E-state index is 0.819. The van der Waals surface area contributed by atoms with Gasteiger partial charge in [0, 0.05) is 32.9 Å². The van der Waals surface area contributed by atoms with Crippen LogP contribution in [0.2, 0.25) is 0 Å². The number of hydrogen-bond acceptors (Lipinski definition) is 4. The molecule has 2 heterocycles. The van der Waals surface area contributed by atoms with Gasteiger partial charge in [0.05, 0.1) is 11.9 Å². The van der Waals surface area contributed by atoms with E-state index < -0.39 is 0 Å². The lowest BCUT2D eigenvalue weighted by atomic mass is 10.1. The number of para-hydroxylation sites is 1. The molecule has 104 valence electrons. The molecule has 1 aliphatic heterocycles. The number of nitrogens with zero attached hydrogens (tertiary/aromatic N) is 2. The van der Waals surface area contributed by atoms with Crippen LogP contribution in [0.15, 0.2) is 36.5 Å². The van der Waals surface area contributed by atoms with E-state index in [-0.39, 0.29) is 0 Å². The van der Waals surface area contributed by atoms with Gasteiger partial charge >= 0.3 is 0 Å². The molecule has 4 heteroatoms. The van der Waals surface area contributed by atoms with Gasteiger partial charge in [0.2, 0.25) is 0 Å². The fourth-order valence-corrected chi connectivity index (χ4v) is 2.51. The van der Waals surface area contributed by atoms with Gasteiger partial charge in [-0.25, -0.2) is 4.98 Å². The zero-order valence-corrected chi connectivity index (χ0v) is 12.0. The Morgan fingerprint density at radius 3 is 2.90 bits per heavy atom. The first-order chi connectivity index (χ1) is 9.74. The minimum atomic E-state index is 0.819. The van der Waals surface area contributed by atoms with E-state index >= 15 is 0 Å². The molecule has 20 heavy (non-hydrogen) atoms. The maximum absolute atomic E-state index is 4.41. The van der Waals surface area contributed by atoms with Crippen molar-refractivity contribution in [2.45, 2.75) is 13.0 Å². The third kappa shape index (κ3) is 2.54. The second-order valence-corrected chi connectivity index (χ2v) is 5.28. The lowest BCUT2D eigenvalue weighted by Gasteiger charge is -2.13. The smallest absolute Gasteiger partial charge is 0.128 e. The predicted octanol–water partition coefficient (Wildman–Crippen LogP) is 2.73. The van der Waals surface area contributed by atoms with Crippen LogP contribution in [0.1, 0.15) is 11.1 Å². The van der Waals surface area contributed by atoms with E-state index in [0.717, 1.165) is 31.0 Å². The van der Waals surface area contributed by atoms with Crippen LogP contribution in [-0.4, -0.2) is 25.6 Å². The van der Waals surface area contributed by atoms with Gasteiger partial charge in [-0.05, 0) is 29.7 Å². The van der Waals surface area contributed by atoms with E-state index in [1.54, 1.807) is 0 Å². The van der Waals surface area contributed by atoms with Crippen LogP contribution in [0, 0.1) is 0 Å². The summed E-state index contributed by atoms with van der Waals surface area (Å²) in [7, 11) is 3.99. The van der Waals surface area contributed by atoms with Crippen LogP contribution in [0.5, 0.6) is 0 Å². The maximum atomic E-state index is 4.41. The van der Waals surface area contributed by atoms with E-state index in [2.05, 4.69) is 39.9 Å². The highest BCUT2D eigenvalue weighted by Gasteiger charge is 2.13. The van der Waals surface area contributed by atoms with Gasteiger partial charge in [-0.1, -0.05) is 18.2 Å². The van der Waals surface area contributed by atoms with Gasteiger partial charge in [-0.3, -0.25) is 0 Å². The molecule has 2 N–H and O–H groups in total. The Morgan fingerprint density at radius 2 is 2.15 bits per heavy atom. The van der Waals surface area contributed by atoms with Crippen molar-refractivity contribution in [2.24, 2.45) is 0 Å². The third-order valence-corrected chi connectivity index (χ3v) is 3.62. The summed E-state index contributed by atoms with van der Waals surface area (Å²) < 4.78 is 0. The summed E-state index contributed by atoms with van der Waals surface area (Å²) in [5.41, 5.74) is 5.09. The molecule has 0 radical (unpaired) electrons. The molecule has 0 amide bonds. The van der Waals surface area contributed by atoms with E-state index in [4.69, 9.17) is 0 Å². The first kappa shape index (κ1) is 12.8. The largest absolute Gasteiger partial charge is 0.384 e. The van der Waals surface area contributed by atoms with Crippen molar-refractivity contribution < 1.29 is 0 Å². The second-order valence-electron chi connectivity index (χ2n) is 5.28. The number of nitrogens with one attached hydrogen (secondary N) is 2. The van der Waals surface area contributed by atoms with Gasteiger partial charge in [0.25, 0.3) is 0 Å². The van der Waals surface area contributed by atoms with E-state index in [1.807, 2.05) is 31.3 Å². The molecule has 0 aliphatic carbocycles. The van der Waals surface area contributed by atoms with Crippen LogP contribution in [0.25, 0.3) is 0 Å². The summed E-state index contributed by atoms with van der Waals surface area (Å²) in [5, 5.41) is 6.90. The normalized spacial score (nSPS) is 12.7. The molecule has 1 aromatic heterocycles. The zero-order chi connectivity index (χ0) is 13.9. The Bertz CT molecular complexity index is 590. The van der Waals surface area contributed by atoms with Gasteiger partial charge in [0.15, 0.2) is 0 Å². The lowest BCUT2D eigenvalue weighted by Crippen LogP contribution is -2.10. The first-order valence-corrected chi connectivity index (χ1v) is 6.96. The molecular formula is C16H20N4. The maximum Gasteiger partial charge on any atom is 0.128 e. The molecule has 2 aromatic rings. The van der Waals surface area contributed by atoms with Crippen molar-refractivity contribution in [2.75, 3.05) is 36.2 Å². The second kappa shape index (κ2) is 5.41. The Hall–Kier alpha value is -2.23. The standard InChI is InChI=1S/C16H20N4/c1-20(2)15-7-6-14(11-19-15)18-10-13-5-3-4-12-8-9-17-16(12)13/h3-7,11,17-18H,8-10H2,1-2H3. The number of hydrogen-bond donors (Lipinski definition) is 2. The Morgan fingerprint density at radius 1 is 1.25 bits per heavy atom. The van der Waals surface area contributed by atoms with Gasteiger partial charge in [-0.15, -0.1) is 0 Å². The summed E-state index contributed by atoms with van der Waals surface area (Å²) in [6.07, 6.45) is 3.01. The fourth-order valence-electron chi connectivity index (χ4n) is 2.51. The summed E-state index contributed by atoms with van der Waals surface area (Å²) in [6, 6.07) is 10.6. The monoisotopic (exact) mass is 268 g/mol. The number of fused-ring (bicyclic) bond motifs is 1. The molecular weight excluding hydrogens is 248 g/mol. The van der Waals surface area contributed by atoms with Crippen LogP contribution < -0.4 is 15.5 Å². The molecule has 0 saturated carbocycles. The molecule has 3 rings (SSSR count). The van der Waals surface area contributed by atoms with Crippen LogP contribution in [0.4, 0.5) is 17.2 Å². The number of anilines is 3. The highest BCUT2D eigenvalue weighted by Crippen LogP contribution is 2.27. The Kier molecular flexibility index (Phi) is 3.46.